The Morgan fingerprint density at radius 3 is 2.93 bits per heavy atom. The van der Waals surface area contributed by atoms with Gasteiger partial charge in [0.2, 0.25) is 0 Å². The first-order chi connectivity index (χ1) is 7.22. The van der Waals surface area contributed by atoms with Crippen molar-refractivity contribution in [3.63, 3.8) is 0 Å². The van der Waals surface area contributed by atoms with Crippen molar-refractivity contribution in [2.24, 2.45) is 0 Å². The van der Waals surface area contributed by atoms with Crippen LogP contribution in [0.4, 0.5) is 0 Å². The summed E-state index contributed by atoms with van der Waals surface area (Å²) >= 11 is 5.46. The van der Waals surface area contributed by atoms with E-state index in [1.54, 1.807) is 24.5 Å². The average molecular weight is 227 g/mol. The molecule has 2 rings (SSSR count). The normalized spacial score (nSPS) is 15.4. The fourth-order valence-corrected chi connectivity index (χ4v) is 1.61. The molecule has 0 fully saturated rings. The van der Waals surface area contributed by atoms with E-state index in [0.717, 1.165) is 11.0 Å². The number of aliphatic hydroxyl groups excluding tert-OH is 2. The molecule has 15 heavy (non-hydrogen) atoms. The van der Waals surface area contributed by atoms with Crippen LogP contribution in [0.3, 0.4) is 0 Å². The highest BCUT2D eigenvalue weighted by Crippen LogP contribution is 2.21. The summed E-state index contributed by atoms with van der Waals surface area (Å²) in [4.78, 5) is 6.99. The molecule has 5 heteroatoms. The van der Waals surface area contributed by atoms with E-state index >= 15 is 0 Å². The zero-order chi connectivity index (χ0) is 10.8. The number of aromatic nitrogens is 2. The van der Waals surface area contributed by atoms with Crippen LogP contribution in [0.15, 0.2) is 24.5 Å². The molecule has 0 radical (unpaired) electrons. The second kappa shape index (κ2) is 4.18. The molecule has 4 nitrogen and oxygen atoms in total. The van der Waals surface area contributed by atoms with Crippen LogP contribution in [0.5, 0.6) is 0 Å². The van der Waals surface area contributed by atoms with E-state index in [9.17, 15) is 10.2 Å². The van der Waals surface area contributed by atoms with Crippen molar-refractivity contribution in [3.8, 4) is 0 Å². The number of rotatable bonds is 3. The fraction of sp³-hybridized carbons (Fsp3) is 0.300. The molecule has 0 saturated carbocycles. The van der Waals surface area contributed by atoms with Gasteiger partial charge in [-0.3, -0.25) is 0 Å². The highest BCUT2D eigenvalue weighted by Gasteiger charge is 2.17. The number of nitrogens with one attached hydrogen (secondary N) is 1. The molecule has 1 heterocycles. The first kappa shape index (κ1) is 10.4. The van der Waals surface area contributed by atoms with Gasteiger partial charge in [-0.2, -0.15) is 0 Å². The van der Waals surface area contributed by atoms with Gasteiger partial charge >= 0.3 is 0 Å². The van der Waals surface area contributed by atoms with Gasteiger partial charge in [-0.1, -0.05) is 6.07 Å². The molecule has 0 aliphatic rings. The molecule has 2 atom stereocenters. The van der Waals surface area contributed by atoms with Gasteiger partial charge in [-0.05, 0) is 17.7 Å². The van der Waals surface area contributed by atoms with Crippen LogP contribution in [-0.4, -0.2) is 32.2 Å². The monoisotopic (exact) mass is 226 g/mol. The molecular weight excluding hydrogens is 216 g/mol. The number of benzene rings is 1. The number of imidazole rings is 1. The summed E-state index contributed by atoms with van der Waals surface area (Å²) in [5, 5.41) is 19.1. The molecule has 0 aliphatic heterocycles. The summed E-state index contributed by atoms with van der Waals surface area (Å²) in [5.41, 5.74) is 2.28. The minimum Gasteiger partial charge on any atom is -0.389 e. The second-order valence-electron chi connectivity index (χ2n) is 3.35. The number of hydrogen-bond donors (Lipinski definition) is 3. The minimum absolute atomic E-state index is 0.00216. The number of aromatic amines is 1. The predicted molar refractivity (Wildman–Crippen MR) is 57.8 cm³/mol. The SMILES string of the molecule is OC(CCl)C(O)c1ccc2nc[nH]c2c1. The molecule has 2 aromatic rings. The molecule has 1 aromatic heterocycles. The second-order valence-corrected chi connectivity index (χ2v) is 3.65. The van der Waals surface area contributed by atoms with E-state index in [2.05, 4.69) is 9.97 Å². The van der Waals surface area contributed by atoms with Crippen LogP contribution in [-0.2, 0) is 0 Å². The van der Waals surface area contributed by atoms with Crippen molar-refractivity contribution in [2.45, 2.75) is 12.2 Å². The lowest BCUT2D eigenvalue weighted by Gasteiger charge is -2.15. The van der Waals surface area contributed by atoms with Gasteiger partial charge in [0.1, 0.15) is 6.10 Å². The van der Waals surface area contributed by atoms with Crippen molar-refractivity contribution in [3.05, 3.63) is 30.1 Å². The van der Waals surface area contributed by atoms with E-state index < -0.39 is 12.2 Å². The van der Waals surface area contributed by atoms with E-state index in [1.165, 1.54) is 0 Å². The Bertz CT molecular complexity index is 457. The van der Waals surface area contributed by atoms with E-state index in [1.807, 2.05) is 0 Å². The third kappa shape index (κ3) is 1.97. The van der Waals surface area contributed by atoms with Crippen LogP contribution in [0.1, 0.15) is 11.7 Å². The van der Waals surface area contributed by atoms with Gasteiger partial charge < -0.3 is 15.2 Å². The average Bonchev–Trinajstić information content (AvgIpc) is 2.73. The van der Waals surface area contributed by atoms with Gasteiger partial charge in [0.05, 0.1) is 29.3 Å². The van der Waals surface area contributed by atoms with Crippen molar-refractivity contribution in [1.29, 1.82) is 0 Å². The van der Waals surface area contributed by atoms with Crippen LogP contribution in [0.2, 0.25) is 0 Å². The van der Waals surface area contributed by atoms with Gasteiger partial charge in [0.15, 0.2) is 0 Å². The first-order valence-electron chi connectivity index (χ1n) is 4.57. The molecule has 0 aliphatic carbocycles. The summed E-state index contributed by atoms with van der Waals surface area (Å²) in [6.07, 6.45) is -0.332. The van der Waals surface area contributed by atoms with Crippen LogP contribution in [0.25, 0.3) is 11.0 Å². The number of fused-ring (bicyclic) bond motifs is 1. The smallest absolute Gasteiger partial charge is 0.106 e. The molecule has 0 amide bonds. The molecule has 1 aromatic carbocycles. The maximum atomic E-state index is 9.72. The number of aliphatic hydroxyl groups is 2. The van der Waals surface area contributed by atoms with Gasteiger partial charge in [-0.25, -0.2) is 4.98 Å². The topological polar surface area (TPSA) is 69.1 Å². The molecular formula is C10H11ClN2O2. The molecule has 2 unspecified atom stereocenters. The largest absolute Gasteiger partial charge is 0.389 e. The zero-order valence-corrected chi connectivity index (χ0v) is 8.65. The Morgan fingerprint density at radius 1 is 1.40 bits per heavy atom. The standard InChI is InChI=1S/C10H11ClN2O2/c11-4-9(14)10(15)6-1-2-7-8(3-6)13-5-12-7/h1-3,5,9-10,14-15H,4H2,(H,12,13). The Kier molecular flexibility index (Phi) is 2.90. The number of alkyl halides is 1. The maximum Gasteiger partial charge on any atom is 0.106 e. The number of H-pyrrole nitrogens is 1. The third-order valence-electron chi connectivity index (χ3n) is 2.31. The summed E-state index contributed by atoms with van der Waals surface area (Å²) < 4.78 is 0. The van der Waals surface area contributed by atoms with Crippen LogP contribution in [0, 0.1) is 0 Å². The Labute approximate surface area is 91.5 Å². The summed E-state index contributed by atoms with van der Waals surface area (Å²) in [6, 6.07) is 5.26. The predicted octanol–water partition coefficient (Wildman–Crippen LogP) is 1.20. The minimum atomic E-state index is -0.963. The van der Waals surface area contributed by atoms with E-state index in [4.69, 9.17) is 11.6 Å². The van der Waals surface area contributed by atoms with Crippen molar-refractivity contribution >= 4 is 22.6 Å². The Balaban J connectivity index is 2.35. The van der Waals surface area contributed by atoms with Gasteiger partial charge in [-0.15, -0.1) is 11.6 Å². The Hall–Kier alpha value is -1.10. The third-order valence-corrected chi connectivity index (χ3v) is 2.62. The van der Waals surface area contributed by atoms with E-state index in [0.29, 0.717) is 5.56 Å². The highest BCUT2D eigenvalue weighted by atomic mass is 35.5. The molecule has 3 N–H and O–H groups in total. The van der Waals surface area contributed by atoms with E-state index in [-0.39, 0.29) is 5.88 Å². The summed E-state index contributed by atoms with van der Waals surface area (Å²) in [6.45, 7) is 0. The first-order valence-corrected chi connectivity index (χ1v) is 5.11. The fourth-order valence-electron chi connectivity index (χ4n) is 1.44. The van der Waals surface area contributed by atoms with Crippen LogP contribution < -0.4 is 0 Å². The van der Waals surface area contributed by atoms with Gasteiger partial charge in [0, 0.05) is 0 Å². The number of nitrogens with zero attached hydrogens (tertiary/aromatic N) is 1. The number of halogens is 1. The lowest BCUT2D eigenvalue weighted by atomic mass is 10.0. The lowest BCUT2D eigenvalue weighted by molar-refractivity contribution is 0.0328. The van der Waals surface area contributed by atoms with Crippen molar-refractivity contribution in [1.82, 2.24) is 9.97 Å². The number of hydrogen-bond acceptors (Lipinski definition) is 3. The molecule has 0 bridgehead atoms. The molecule has 0 spiro atoms. The summed E-state index contributed by atoms with van der Waals surface area (Å²) in [7, 11) is 0. The Morgan fingerprint density at radius 2 is 2.20 bits per heavy atom. The highest BCUT2D eigenvalue weighted by molar-refractivity contribution is 6.18. The maximum absolute atomic E-state index is 9.72. The lowest BCUT2D eigenvalue weighted by Crippen LogP contribution is -2.19. The van der Waals surface area contributed by atoms with Crippen LogP contribution >= 0.6 is 11.6 Å². The molecule has 80 valence electrons. The van der Waals surface area contributed by atoms with Crippen molar-refractivity contribution < 1.29 is 10.2 Å². The van der Waals surface area contributed by atoms with Gasteiger partial charge in [0.25, 0.3) is 0 Å². The summed E-state index contributed by atoms with van der Waals surface area (Å²) in [5.74, 6) is 0.00216. The quantitative estimate of drug-likeness (QED) is 0.689. The zero-order valence-electron chi connectivity index (χ0n) is 7.89. The molecule has 0 saturated heterocycles. The van der Waals surface area contributed by atoms with Crippen molar-refractivity contribution in [2.75, 3.05) is 5.88 Å².